The van der Waals surface area contributed by atoms with Crippen LogP contribution in [-0.4, -0.2) is 63.8 Å². The van der Waals surface area contributed by atoms with E-state index in [0.29, 0.717) is 0 Å². The summed E-state index contributed by atoms with van der Waals surface area (Å²) < 4.78 is 5.63. The first-order valence-electron chi connectivity index (χ1n) is 8.56. The summed E-state index contributed by atoms with van der Waals surface area (Å²) in [6.07, 6.45) is 5.07. The van der Waals surface area contributed by atoms with Crippen molar-refractivity contribution in [2.75, 3.05) is 53.0 Å². The highest BCUT2D eigenvalue weighted by Gasteiger charge is 2.21. The van der Waals surface area contributed by atoms with E-state index in [2.05, 4.69) is 27.4 Å². The minimum Gasteiger partial charge on any atom is -0.381 e. The van der Waals surface area contributed by atoms with Crippen molar-refractivity contribution < 1.29 is 4.74 Å². The van der Waals surface area contributed by atoms with Crippen LogP contribution in [0.15, 0.2) is 4.99 Å². The molecule has 2 rings (SSSR count). The van der Waals surface area contributed by atoms with Gasteiger partial charge in [-0.15, -0.1) is 24.0 Å². The second kappa shape index (κ2) is 11.5. The molecule has 0 aromatic heterocycles. The van der Waals surface area contributed by atoms with E-state index in [0.717, 1.165) is 50.5 Å². The lowest BCUT2D eigenvalue weighted by Crippen LogP contribution is -2.40. The molecule has 0 amide bonds. The second-order valence-electron chi connectivity index (χ2n) is 6.30. The van der Waals surface area contributed by atoms with Crippen molar-refractivity contribution in [2.45, 2.75) is 32.6 Å². The molecule has 0 bridgehead atoms. The van der Waals surface area contributed by atoms with Gasteiger partial charge in [0.15, 0.2) is 5.96 Å². The van der Waals surface area contributed by atoms with Gasteiger partial charge in [0.1, 0.15) is 0 Å². The first kappa shape index (κ1) is 20.0. The number of likely N-dealkylation sites (tertiary alicyclic amines) is 1. The molecule has 0 aromatic carbocycles. The molecule has 1 heterocycles. The molecule has 1 atom stereocenters. The van der Waals surface area contributed by atoms with Crippen LogP contribution in [-0.2, 0) is 4.74 Å². The average Bonchev–Trinajstić information content (AvgIpc) is 3.22. The standard InChI is InChI=1S/C16H32N4O.HI/c1-3-20-9-7-15(12-20)11-19-16(17-2)18-8-4-10-21-13-14-5-6-14;/h14-15H,3-13H2,1-2H3,(H2,17,18,19);1H. The van der Waals surface area contributed by atoms with Gasteiger partial charge in [-0.1, -0.05) is 6.92 Å². The minimum atomic E-state index is 0. The van der Waals surface area contributed by atoms with E-state index in [9.17, 15) is 0 Å². The molecule has 1 saturated heterocycles. The first-order valence-corrected chi connectivity index (χ1v) is 8.56. The summed E-state index contributed by atoms with van der Waals surface area (Å²) >= 11 is 0. The van der Waals surface area contributed by atoms with Gasteiger partial charge in [-0.2, -0.15) is 0 Å². The van der Waals surface area contributed by atoms with Gasteiger partial charge in [-0.05, 0) is 50.6 Å². The van der Waals surface area contributed by atoms with Gasteiger partial charge in [0.25, 0.3) is 0 Å². The number of hydrogen-bond acceptors (Lipinski definition) is 3. The van der Waals surface area contributed by atoms with Gasteiger partial charge in [0, 0.05) is 39.9 Å². The molecule has 1 aliphatic carbocycles. The number of halogens is 1. The Morgan fingerprint density at radius 3 is 2.68 bits per heavy atom. The van der Waals surface area contributed by atoms with Crippen LogP contribution in [0, 0.1) is 11.8 Å². The van der Waals surface area contributed by atoms with Crippen molar-refractivity contribution in [2.24, 2.45) is 16.8 Å². The Balaban J connectivity index is 0.00000242. The lowest BCUT2D eigenvalue weighted by atomic mass is 10.1. The lowest BCUT2D eigenvalue weighted by Gasteiger charge is -2.16. The van der Waals surface area contributed by atoms with Gasteiger partial charge in [0.2, 0.25) is 0 Å². The number of nitrogens with zero attached hydrogens (tertiary/aromatic N) is 2. The molecule has 1 unspecified atom stereocenters. The Labute approximate surface area is 152 Å². The molecule has 1 saturated carbocycles. The number of rotatable bonds is 9. The van der Waals surface area contributed by atoms with Crippen molar-refractivity contribution in [3.8, 4) is 0 Å². The largest absolute Gasteiger partial charge is 0.381 e. The highest BCUT2D eigenvalue weighted by Crippen LogP contribution is 2.28. The van der Waals surface area contributed by atoms with Crippen LogP contribution in [0.4, 0.5) is 0 Å². The predicted octanol–water partition coefficient (Wildman–Crippen LogP) is 1.93. The Morgan fingerprint density at radius 2 is 2.05 bits per heavy atom. The first-order chi connectivity index (χ1) is 10.3. The lowest BCUT2D eigenvalue weighted by molar-refractivity contribution is 0.123. The summed E-state index contributed by atoms with van der Waals surface area (Å²) in [5, 5.41) is 6.81. The van der Waals surface area contributed by atoms with Gasteiger partial charge in [-0.3, -0.25) is 4.99 Å². The Hall–Kier alpha value is -0.0800. The maximum atomic E-state index is 5.63. The fourth-order valence-corrected chi connectivity index (χ4v) is 2.74. The Bertz CT molecular complexity index is 323. The van der Waals surface area contributed by atoms with Crippen molar-refractivity contribution in [3.63, 3.8) is 0 Å². The molecule has 22 heavy (non-hydrogen) atoms. The van der Waals surface area contributed by atoms with E-state index >= 15 is 0 Å². The Kier molecular flexibility index (Phi) is 10.4. The normalized spacial score (nSPS) is 22.5. The molecule has 1 aliphatic heterocycles. The Morgan fingerprint density at radius 1 is 1.23 bits per heavy atom. The van der Waals surface area contributed by atoms with E-state index in [-0.39, 0.29) is 24.0 Å². The summed E-state index contributed by atoms with van der Waals surface area (Å²) in [6, 6.07) is 0. The van der Waals surface area contributed by atoms with Crippen molar-refractivity contribution >= 4 is 29.9 Å². The summed E-state index contributed by atoms with van der Waals surface area (Å²) in [5.74, 6) is 2.54. The zero-order valence-corrected chi connectivity index (χ0v) is 16.5. The van der Waals surface area contributed by atoms with E-state index < -0.39 is 0 Å². The quantitative estimate of drug-likeness (QED) is 0.257. The van der Waals surface area contributed by atoms with Gasteiger partial charge in [0.05, 0.1) is 0 Å². The molecule has 2 aliphatic rings. The third-order valence-corrected chi connectivity index (χ3v) is 4.41. The smallest absolute Gasteiger partial charge is 0.190 e. The van der Waals surface area contributed by atoms with Crippen LogP contribution in [0.2, 0.25) is 0 Å². The van der Waals surface area contributed by atoms with E-state index in [1.54, 1.807) is 0 Å². The van der Waals surface area contributed by atoms with E-state index in [1.165, 1.54) is 38.9 Å². The average molecular weight is 424 g/mol. The molecule has 0 radical (unpaired) electrons. The van der Waals surface area contributed by atoms with Crippen LogP contribution >= 0.6 is 24.0 Å². The topological polar surface area (TPSA) is 48.9 Å². The predicted molar refractivity (Wildman–Crippen MR) is 103 cm³/mol. The molecule has 6 heteroatoms. The fourth-order valence-electron chi connectivity index (χ4n) is 2.74. The van der Waals surface area contributed by atoms with Crippen LogP contribution < -0.4 is 10.6 Å². The molecule has 5 nitrogen and oxygen atoms in total. The SMILES string of the molecule is CCN1CCC(CNC(=NC)NCCCOCC2CC2)C1.I. The van der Waals surface area contributed by atoms with Crippen molar-refractivity contribution in [3.05, 3.63) is 0 Å². The molecule has 2 N–H and O–H groups in total. The molecule has 2 fully saturated rings. The molecular formula is C16H33IN4O. The zero-order chi connectivity index (χ0) is 14.9. The zero-order valence-electron chi connectivity index (χ0n) is 14.1. The maximum Gasteiger partial charge on any atom is 0.190 e. The summed E-state index contributed by atoms with van der Waals surface area (Å²) in [7, 11) is 1.84. The van der Waals surface area contributed by atoms with Crippen LogP contribution in [0.3, 0.4) is 0 Å². The number of hydrogen-bond donors (Lipinski definition) is 2. The van der Waals surface area contributed by atoms with Crippen LogP contribution in [0.5, 0.6) is 0 Å². The van der Waals surface area contributed by atoms with E-state index in [1.807, 2.05) is 7.05 Å². The molecule has 0 aromatic rings. The third-order valence-electron chi connectivity index (χ3n) is 4.41. The molecule has 0 spiro atoms. The second-order valence-corrected chi connectivity index (χ2v) is 6.30. The summed E-state index contributed by atoms with van der Waals surface area (Å²) in [4.78, 5) is 6.80. The number of aliphatic imine (C=N–C) groups is 1. The highest BCUT2D eigenvalue weighted by atomic mass is 127. The number of nitrogens with one attached hydrogen (secondary N) is 2. The summed E-state index contributed by atoms with van der Waals surface area (Å²) in [5.41, 5.74) is 0. The van der Waals surface area contributed by atoms with E-state index in [4.69, 9.17) is 4.74 Å². The van der Waals surface area contributed by atoms with Crippen LogP contribution in [0.1, 0.15) is 32.6 Å². The van der Waals surface area contributed by atoms with Gasteiger partial charge < -0.3 is 20.3 Å². The van der Waals surface area contributed by atoms with Crippen molar-refractivity contribution in [1.29, 1.82) is 0 Å². The number of guanidine groups is 1. The van der Waals surface area contributed by atoms with Crippen molar-refractivity contribution in [1.82, 2.24) is 15.5 Å². The van der Waals surface area contributed by atoms with Gasteiger partial charge >= 0.3 is 0 Å². The highest BCUT2D eigenvalue weighted by molar-refractivity contribution is 14.0. The maximum absolute atomic E-state index is 5.63. The molecule has 130 valence electrons. The van der Waals surface area contributed by atoms with Crippen LogP contribution in [0.25, 0.3) is 0 Å². The summed E-state index contributed by atoms with van der Waals surface area (Å²) in [6.45, 7) is 9.64. The minimum absolute atomic E-state index is 0. The third kappa shape index (κ3) is 7.97. The fraction of sp³-hybridized carbons (Fsp3) is 0.938. The van der Waals surface area contributed by atoms with Gasteiger partial charge in [-0.25, -0.2) is 0 Å². The number of ether oxygens (including phenoxy) is 1. The molecular weight excluding hydrogens is 391 g/mol. The monoisotopic (exact) mass is 424 g/mol.